The molecule has 1 aromatic carbocycles. The first-order valence-corrected chi connectivity index (χ1v) is 7.98. The molecule has 0 saturated carbocycles. The van der Waals surface area contributed by atoms with E-state index in [2.05, 4.69) is 0 Å². The molecule has 0 aliphatic heterocycles. The highest BCUT2D eigenvalue weighted by atomic mass is 16.6. The second-order valence-corrected chi connectivity index (χ2v) is 6.60. The number of nitrogens with zero attached hydrogens (tertiary/aromatic N) is 1. The number of amides is 1. The zero-order chi connectivity index (χ0) is 18.3. The summed E-state index contributed by atoms with van der Waals surface area (Å²) >= 11 is 0. The third kappa shape index (κ3) is 6.58. The quantitative estimate of drug-likeness (QED) is 0.827. The van der Waals surface area contributed by atoms with Gasteiger partial charge in [0.25, 0.3) is 0 Å². The average Bonchev–Trinajstić information content (AvgIpc) is 2.49. The SMILES string of the molecule is CCOCc1ccc(C[C@H](C(=O)O)N(C)C(=O)OC(C)(C)C)cc1. The molecule has 1 atom stereocenters. The molecule has 1 N–H and O–H groups in total. The average molecular weight is 337 g/mol. The van der Waals surface area contributed by atoms with Crippen LogP contribution in [0.15, 0.2) is 24.3 Å². The molecule has 0 unspecified atom stereocenters. The number of hydrogen-bond acceptors (Lipinski definition) is 4. The van der Waals surface area contributed by atoms with Crippen LogP contribution in [0.2, 0.25) is 0 Å². The molecule has 0 aromatic heterocycles. The Balaban J connectivity index is 2.78. The second kappa shape index (κ2) is 8.68. The Morgan fingerprint density at radius 2 is 1.71 bits per heavy atom. The smallest absolute Gasteiger partial charge is 0.410 e. The summed E-state index contributed by atoms with van der Waals surface area (Å²) in [6, 6.07) is 6.52. The summed E-state index contributed by atoms with van der Waals surface area (Å²) in [5.41, 5.74) is 1.18. The number of rotatable bonds is 7. The Labute approximate surface area is 143 Å². The fourth-order valence-electron chi connectivity index (χ4n) is 2.07. The van der Waals surface area contributed by atoms with Crippen LogP contribution in [0.4, 0.5) is 4.79 Å². The first kappa shape index (κ1) is 20.0. The third-order valence-corrected chi connectivity index (χ3v) is 3.36. The van der Waals surface area contributed by atoms with Crippen LogP contribution >= 0.6 is 0 Å². The van der Waals surface area contributed by atoms with Gasteiger partial charge in [-0.1, -0.05) is 24.3 Å². The van der Waals surface area contributed by atoms with Gasteiger partial charge in [0.2, 0.25) is 0 Å². The van der Waals surface area contributed by atoms with Crippen LogP contribution in [0, 0.1) is 0 Å². The van der Waals surface area contributed by atoms with E-state index in [9.17, 15) is 14.7 Å². The topological polar surface area (TPSA) is 76.1 Å². The van der Waals surface area contributed by atoms with Crippen LogP contribution in [0.25, 0.3) is 0 Å². The van der Waals surface area contributed by atoms with E-state index in [0.717, 1.165) is 16.0 Å². The minimum atomic E-state index is -1.07. The van der Waals surface area contributed by atoms with Crippen LogP contribution in [0.3, 0.4) is 0 Å². The standard InChI is InChI=1S/C18H27NO5/c1-6-23-12-14-9-7-13(8-10-14)11-15(16(20)21)19(5)17(22)24-18(2,3)4/h7-10,15H,6,11-12H2,1-5H3,(H,20,21)/t15-/m1/s1. The van der Waals surface area contributed by atoms with Crippen molar-refractivity contribution < 1.29 is 24.2 Å². The molecule has 0 spiro atoms. The van der Waals surface area contributed by atoms with Gasteiger partial charge < -0.3 is 14.6 Å². The lowest BCUT2D eigenvalue weighted by molar-refractivity contribution is -0.142. The molecule has 1 rings (SSSR count). The minimum Gasteiger partial charge on any atom is -0.480 e. The van der Waals surface area contributed by atoms with Crippen molar-refractivity contribution in [2.75, 3.05) is 13.7 Å². The van der Waals surface area contributed by atoms with Gasteiger partial charge in [0, 0.05) is 20.1 Å². The molecule has 1 amide bonds. The summed E-state index contributed by atoms with van der Waals surface area (Å²) < 4.78 is 10.6. The van der Waals surface area contributed by atoms with Gasteiger partial charge in [0.15, 0.2) is 0 Å². The van der Waals surface area contributed by atoms with Crippen LogP contribution < -0.4 is 0 Å². The summed E-state index contributed by atoms with van der Waals surface area (Å²) in [5.74, 6) is -1.07. The van der Waals surface area contributed by atoms with Crippen molar-refractivity contribution in [3.63, 3.8) is 0 Å². The molecule has 1 aromatic rings. The molecule has 24 heavy (non-hydrogen) atoms. The van der Waals surface area contributed by atoms with E-state index in [4.69, 9.17) is 9.47 Å². The molecule has 0 aliphatic rings. The third-order valence-electron chi connectivity index (χ3n) is 3.36. The fourth-order valence-corrected chi connectivity index (χ4v) is 2.07. The second-order valence-electron chi connectivity index (χ2n) is 6.60. The van der Waals surface area contributed by atoms with Crippen molar-refractivity contribution in [3.05, 3.63) is 35.4 Å². The Bertz CT molecular complexity index is 548. The Morgan fingerprint density at radius 1 is 1.17 bits per heavy atom. The number of aliphatic carboxylic acids is 1. The number of hydrogen-bond donors (Lipinski definition) is 1. The number of carboxylic acids is 1. The number of benzene rings is 1. The van der Waals surface area contributed by atoms with Gasteiger partial charge in [-0.25, -0.2) is 9.59 Å². The van der Waals surface area contributed by atoms with Gasteiger partial charge in [-0.15, -0.1) is 0 Å². The van der Waals surface area contributed by atoms with Crippen molar-refractivity contribution in [1.82, 2.24) is 4.90 Å². The van der Waals surface area contributed by atoms with E-state index in [1.807, 2.05) is 31.2 Å². The molecule has 0 saturated heterocycles. The van der Waals surface area contributed by atoms with Crippen molar-refractivity contribution in [2.24, 2.45) is 0 Å². The van der Waals surface area contributed by atoms with E-state index < -0.39 is 23.7 Å². The van der Waals surface area contributed by atoms with Gasteiger partial charge in [-0.2, -0.15) is 0 Å². The van der Waals surface area contributed by atoms with Crippen LogP contribution in [0.5, 0.6) is 0 Å². The molecule has 0 heterocycles. The number of carboxylic acid groups (broad SMARTS) is 1. The van der Waals surface area contributed by atoms with Crippen LogP contribution in [-0.4, -0.2) is 47.4 Å². The predicted molar refractivity (Wildman–Crippen MR) is 90.9 cm³/mol. The number of carbonyl (C=O) groups is 2. The van der Waals surface area contributed by atoms with Gasteiger partial charge in [0.1, 0.15) is 11.6 Å². The molecule has 134 valence electrons. The lowest BCUT2D eigenvalue weighted by Crippen LogP contribution is -2.46. The lowest BCUT2D eigenvalue weighted by atomic mass is 10.0. The lowest BCUT2D eigenvalue weighted by Gasteiger charge is -2.28. The van der Waals surface area contributed by atoms with Gasteiger partial charge in [-0.05, 0) is 38.8 Å². The highest BCUT2D eigenvalue weighted by Crippen LogP contribution is 2.15. The Hall–Kier alpha value is -2.08. The van der Waals surface area contributed by atoms with Crippen molar-refractivity contribution in [2.45, 2.75) is 52.4 Å². The zero-order valence-corrected chi connectivity index (χ0v) is 15.0. The molecule has 6 nitrogen and oxygen atoms in total. The maximum atomic E-state index is 12.1. The number of ether oxygens (including phenoxy) is 2. The molecule has 0 radical (unpaired) electrons. The van der Waals surface area contributed by atoms with Crippen molar-refractivity contribution >= 4 is 12.1 Å². The van der Waals surface area contributed by atoms with Crippen molar-refractivity contribution in [3.8, 4) is 0 Å². The van der Waals surface area contributed by atoms with E-state index in [1.165, 1.54) is 7.05 Å². The van der Waals surface area contributed by atoms with Gasteiger partial charge in [-0.3, -0.25) is 4.90 Å². The van der Waals surface area contributed by atoms with E-state index in [0.29, 0.717) is 13.2 Å². The highest BCUT2D eigenvalue weighted by Gasteiger charge is 2.30. The summed E-state index contributed by atoms with van der Waals surface area (Å²) in [7, 11) is 1.44. The summed E-state index contributed by atoms with van der Waals surface area (Å²) in [5, 5.41) is 9.45. The summed E-state index contributed by atoms with van der Waals surface area (Å²) in [6.45, 7) is 8.32. The first-order valence-electron chi connectivity index (χ1n) is 7.98. The minimum absolute atomic E-state index is 0.208. The fraction of sp³-hybridized carbons (Fsp3) is 0.556. The van der Waals surface area contributed by atoms with E-state index in [1.54, 1.807) is 20.8 Å². The normalized spacial score (nSPS) is 12.5. The predicted octanol–water partition coefficient (Wildman–Crippen LogP) is 3.09. The molecule has 6 heteroatoms. The number of carbonyl (C=O) groups excluding carboxylic acids is 1. The Kier molecular flexibility index (Phi) is 7.22. The zero-order valence-electron chi connectivity index (χ0n) is 15.0. The number of likely N-dealkylation sites (N-methyl/N-ethyl adjacent to an activating group) is 1. The van der Waals surface area contributed by atoms with Crippen LogP contribution in [0.1, 0.15) is 38.8 Å². The molecular weight excluding hydrogens is 310 g/mol. The monoisotopic (exact) mass is 337 g/mol. The van der Waals surface area contributed by atoms with E-state index in [-0.39, 0.29) is 6.42 Å². The van der Waals surface area contributed by atoms with Gasteiger partial charge >= 0.3 is 12.1 Å². The van der Waals surface area contributed by atoms with Crippen LogP contribution in [-0.2, 0) is 27.3 Å². The van der Waals surface area contributed by atoms with Gasteiger partial charge in [0.05, 0.1) is 6.61 Å². The highest BCUT2D eigenvalue weighted by molar-refractivity contribution is 5.80. The summed E-state index contributed by atoms with van der Waals surface area (Å²) in [4.78, 5) is 24.8. The largest absolute Gasteiger partial charge is 0.480 e. The maximum Gasteiger partial charge on any atom is 0.410 e. The summed E-state index contributed by atoms with van der Waals surface area (Å²) in [6.07, 6.45) is -0.442. The Morgan fingerprint density at radius 3 is 2.17 bits per heavy atom. The molecule has 0 bridgehead atoms. The maximum absolute atomic E-state index is 12.1. The molecule has 0 fully saturated rings. The molecular formula is C18H27NO5. The first-order chi connectivity index (χ1) is 11.1. The van der Waals surface area contributed by atoms with E-state index >= 15 is 0 Å². The molecule has 0 aliphatic carbocycles. The van der Waals surface area contributed by atoms with Crippen molar-refractivity contribution in [1.29, 1.82) is 0 Å².